The van der Waals surface area contributed by atoms with Crippen molar-refractivity contribution in [3.63, 3.8) is 0 Å². The summed E-state index contributed by atoms with van der Waals surface area (Å²) in [5.41, 5.74) is 1.06. The van der Waals surface area contributed by atoms with Gasteiger partial charge in [0.2, 0.25) is 0 Å². The van der Waals surface area contributed by atoms with Crippen molar-refractivity contribution in [2.45, 2.75) is 6.54 Å². The lowest BCUT2D eigenvalue weighted by Gasteiger charge is -2.22. The molecule has 0 unspecified atom stereocenters. The van der Waals surface area contributed by atoms with Gasteiger partial charge in [-0.05, 0) is 18.2 Å². The first-order valence-corrected chi connectivity index (χ1v) is 7.28. The van der Waals surface area contributed by atoms with E-state index >= 15 is 0 Å². The minimum atomic E-state index is 0.578. The van der Waals surface area contributed by atoms with Gasteiger partial charge in [-0.1, -0.05) is 36.4 Å². The average Bonchev–Trinajstić information content (AvgIpc) is 2.49. The largest absolute Gasteiger partial charge is 0.457 e. The third-order valence-corrected chi connectivity index (χ3v) is 3.13. The zero-order valence-corrected chi connectivity index (χ0v) is 13.7. The smallest absolute Gasteiger partial charge is 0.195 e. The molecule has 0 fully saturated rings. The molecule has 0 aliphatic carbocycles. The Morgan fingerprint density at radius 1 is 0.864 bits per heavy atom. The summed E-state index contributed by atoms with van der Waals surface area (Å²) < 4.78 is 5.97. The Morgan fingerprint density at radius 2 is 1.45 bits per heavy atom. The summed E-state index contributed by atoms with van der Waals surface area (Å²) in [7, 11) is 7.97. The Labute approximate surface area is 132 Å². The summed E-state index contributed by atoms with van der Waals surface area (Å²) in [6.07, 6.45) is 0. The lowest BCUT2D eigenvalue weighted by Crippen LogP contribution is -2.35. The highest BCUT2D eigenvalue weighted by Gasteiger charge is 2.07. The maximum atomic E-state index is 5.97. The highest BCUT2D eigenvalue weighted by atomic mass is 16.5. The van der Waals surface area contributed by atoms with Crippen molar-refractivity contribution in [3.8, 4) is 11.5 Å². The fraction of sp³-hybridized carbons (Fsp3) is 0.278. The van der Waals surface area contributed by atoms with E-state index in [-0.39, 0.29) is 0 Å². The first-order chi connectivity index (χ1) is 10.6. The Hall–Kier alpha value is -2.49. The topological polar surface area (TPSA) is 28.1 Å². The van der Waals surface area contributed by atoms with Crippen LogP contribution in [-0.2, 0) is 6.54 Å². The van der Waals surface area contributed by atoms with E-state index in [0.29, 0.717) is 6.54 Å². The highest BCUT2D eigenvalue weighted by Crippen LogP contribution is 2.25. The average molecular weight is 297 g/mol. The summed E-state index contributed by atoms with van der Waals surface area (Å²) in [6, 6.07) is 17.8. The van der Waals surface area contributed by atoms with Gasteiger partial charge in [0.25, 0.3) is 0 Å². The number of rotatable bonds is 4. The first kappa shape index (κ1) is 15.9. The van der Waals surface area contributed by atoms with E-state index in [4.69, 9.17) is 4.74 Å². The molecule has 2 aromatic carbocycles. The van der Waals surface area contributed by atoms with E-state index in [2.05, 4.69) is 4.99 Å². The van der Waals surface area contributed by atoms with Crippen LogP contribution in [0.15, 0.2) is 59.6 Å². The molecule has 0 amide bonds. The fourth-order valence-electron chi connectivity index (χ4n) is 2.19. The molecule has 0 bridgehead atoms. The summed E-state index contributed by atoms with van der Waals surface area (Å²) in [6.45, 7) is 0.578. The van der Waals surface area contributed by atoms with Gasteiger partial charge in [-0.15, -0.1) is 0 Å². The number of hydrogen-bond donors (Lipinski definition) is 0. The Balaban J connectivity index is 2.20. The molecule has 4 nitrogen and oxygen atoms in total. The van der Waals surface area contributed by atoms with Crippen molar-refractivity contribution in [2.75, 3.05) is 28.2 Å². The van der Waals surface area contributed by atoms with Crippen molar-refractivity contribution in [2.24, 2.45) is 4.99 Å². The van der Waals surface area contributed by atoms with Crippen molar-refractivity contribution < 1.29 is 4.74 Å². The van der Waals surface area contributed by atoms with Crippen LogP contribution in [0.2, 0.25) is 0 Å². The lowest BCUT2D eigenvalue weighted by atomic mass is 10.2. The fourth-order valence-corrected chi connectivity index (χ4v) is 2.19. The van der Waals surface area contributed by atoms with E-state index in [1.807, 2.05) is 92.6 Å². The zero-order valence-electron chi connectivity index (χ0n) is 13.7. The van der Waals surface area contributed by atoms with Gasteiger partial charge in [0, 0.05) is 33.8 Å². The number of benzene rings is 2. The molecule has 2 rings (SSSR count). The maximum absolute atomic E-state index is 5.97. The van der Waals surface area contributed by atoms with E-state index < -0.39 is 0 Å². The van der Waals surface area contributed by atoms with E-state index in [1.54, 1.807) is 0 Å². The van der Waals surface area contributed by atoms with Crippen LogP contribution in [-0.4, -0.2) is 44.0 Å². The summed E-state index contributed by atoms with van der Waals surface area (Å²) >= 11 is 0. The van der Waals surface area contributed by atoms with Gasteiger partial charge in [0.05, 0.1) is 6.54 Å². The predicted octanol–water partition coefficient (Wildman–Crippen LogP) is 3.46. The number of guanidine groups is 1. The number of aliphatic imine (C=N–C) groups is 1. The van der Waals surface area contributed by atoms with Crippen LogP contribution in [0.1, 0.15) is 5.56 Å². The third kappa shape index (κ3) is 4.25. The van der Waals surface area contributed by atoms with Gasteiger partial charge in [-0.2, -0.15) is 0 Å². The molecular formula is C18H23N3O. The van der Waals surface area contributed by atoms with Crippen LogP contribution in [0.25, 0.3) is 0 Å². The quantitative estimate of drug-likeness (QED) is 0.639. The Morgan fingerprint density at radius 3 is 2.09 bits per heavy atom. The Kier molecular flexibility index (Phi) is 5.42. The first-order valence-electron chi connectivity index (χ1n) is 7.28. The van der Waals surface area contributed by atoms with Crippen molar-refractivity contribution >= 4 is 5.96 Å². The Bertz CT molecular complexity index is 611. The third-order valence-electron chi connectivity index (χ3n) is 3.13. The van der Waals surface area contributed by atoms with E-state index in [9.17, 15) is 0 Å². The summed E-state index contributed by atoms with van der Waals surface area (Å²) in [5.74, 6) is 2.60. The zero-order chi connectivity index (χ0) is 15.9. The molecular weight excluding hydrogens is 274 g/mol. The summed E-state index contributed by atoms with van der Waals surface area (Å²) in [4.78, 5) is 8.69. The number of nitrogens with zero attached hydrogens (tertiary/aromatic N) is 3. The molecule has 0 aliphatic rings. The maximum Gasteiger partial charge on any atom is 0.195 e. The van der Waals surface area contributed by atoms with Crippen LogP contribution < -0.4 is 4.74 Å². The SMILES string of the molecule is CN(C)C(=NCc1ccccc1Oc1ccccc1)N(C)C. The second kappa shape index (κ2) is 7.50. The molecule has 0 heterocycles. The molecule has 0 atom stereocenters. The van der Waals surface area contributed by atoms with Crippen molar-refractivity contribution in [1.82, 2.24) is 9.80 Å². The second-order valence-electron chi connectivity index (χ2n) is 5.43. The molecule has 2 aromatic rings. The van der Waals surface area contributed by atoms with Crippen molar-refractivity contribution in [3.05, 3.63) is 60.2 Å². The molecule has 0 radical (unpaired) electrons. The van der Waals surface area contributed by atoms with Crippen molar-refractivity contribution in [1.29, 1.82) is 0 Å². The molecule has 4 heteroatoms. The van der Waals surface area contributed by atoms with Gasteiger partial charge in [0.15, 0.2) is 5.96 Å². The predicted molar refractivity (Wildman–Crippen MR) is 91.5 cm³/mol. The molecule has 116 valence electrons. The van der Waals surface area contributed by atoms with Crippen LogP contribution in [0.4, 0.5) is 0 Å². The number of ether oxygens (including phenoxy) is 1. The van der Waals surface area contributed by atoms with Gasteiger partial charge < -0.3 is 14.5 Å². The standard InChI is InChI=1S/C18H23N3O/c1-20(2)18(21(3)4)19-14-15-10-8-9-13-17(15)22-16-11-6-5-7-12-16/h5-13H,14H2,1-4H3. The number of hydrogen-bond acceptors (Lipinski definition) is 2. The molecule has 0 spiro atoms. The molecule has 0 N–H and O–H groups in total. The van der Waals surface area contributed by atoms with E-state index in [1.165, 1.54) is 0 Å². The minimum absolute atomic E-state index is 0.578. The van der Waals surface area contributed by atoms with Gasteiger partial charge >= 0.3 is 0 Å². The highest BCUT2D eigenvalue weighted by molar-refractivity contribution is 5.79. The molecule has 0 saturated carbocycles. The lowest BCUT2D eigenvalue weighted by molar-refractivity contribution is 0.470. The van der Waals surface area contributed by atoms with Crippen LogP contribution in [0.3, 0.4) is 0 Å². The van der Waals surface area contributed by atoms with Gasteiger partial charge in [0.1, 0.15) is 11.5 Å². The second-order valence-corrected chi connectivity index (χ2v) is 5.43. The van der Waals surface area contributed by atoms with Gasteiger partial charge in [-0.25, -0.2) is 4.99 Å². The molecule has 0 aromatic heterocycles. The van der Waals surface area contributed by atoms with Crippen LogP contribution >= 0.6 is 0 Å². The number of para-hydroxylation sites is 2. The van der Waals surface area contributed by atoms with Crippen LogP contribution in [0, 0.1) is 0 Å². The summed E-state index contributed by atoms with van der Waals surface area (Å²) in [5, 5.41) is 0. The minimum Gasteiger partial charge on any atom is -0.457 e. The molecule has 0 saturated heterocycles. The molecule has 22 heavy (non-hydrogen) atoms. The van der Waals surface area contributed by atoms with Crippen LogP contribution in [0.5, 0.6) is 11.5 Å². The monoisotopic (exact) mass is 297 g/mol. The van der Waals surface area contributed by atoms with Gasteiger partial charge in [-0.3, -0.25) is 0 Å². The normalized spacial score (nSPS) is 10.0. The van der Waals surface area contributed by atoms with E-state index in [0.717, 1.165) is 23.0 Å². The molecule has 0 aliphatic heterocycles.